The summed E-state index contributed by atoms with van der Waals surface area (Å²) in [4.78, 5) is 0. The summed E-state index contributed by atoms with van der Waals surface area (Å²) in [5.41, 5.74) is 1.39. The highest BCUT2D eigenvalue weighted by Gasteiger charge is 2.24. The number of methoxy groups -OCH3 is 1. The number of ether oxygens (including phenoxy) is 1. The first-order valence-corrected chi connectivity index (χ1v) is 7.63. The third-order valence-electron chi connectivity index (χ3n) is 3.33. The van der Waals surface area contributed by atoms with Crippen LogP contribution >= 0.6 is 15.9 Å². The predicted molar refractivity (Wildman–Crippen MR) is 84.1 cm³/mol. The van der Waals surface area contributed by atoms with Crippen LogP contribution in [-0.2, 0) is 6.54 Å². The van der Waals surface area contributed by atoms with Gasteiger partial charge in [0.15, 0.2) is 5.75 Å². The van der Waals surface area contributed by atoms with Gasteiger partial charge in [0.25, 0.3) is 0 Å². The van der Waals surface area contributed by atoms with Crippen molar-refractivity contribution in [2.75, 3.05) is 14.2 Å². The minimum absolute atomic E-state index is 0.260. The molecule has 0 spiro atoms. The van der Waals surface area contributed by atoms with Crippen LogP contribution in [0.3, 0.4) is 0 Å². The molecule has 1 heterocycles. The summed E-state index contributed by atoms with van der Waals surface area (Å²) in [5, 5.41) is 7.50. The first-order chi connectivity index (χ1) is 10.1. The highest BCUT2D eigenvalue weighted by Crippen LogP contribution is 2.32. The van der Waals surface area contributed by atoms with E-state index in [2.05, 4.69) is 33.3 Å². The predicted octanol–water partition coefficient (Wildman–Crippen LogP) is 3.51. The fourth-order valence-electron chi connectivity index (χ4n) is 2.39. The number of nitrogens with one attached hydrogen (secondary N) is 1. The van der Waals surface area contributed by atoms with Crippen molar-refractivity contribution >= 4 is 15.9 Å². The molecule has 0 saturated heterocycles. The number of benzene rings is 1. The number of aryl methyl sites for hydroxylation is 1. The van der Waals surface area contributed by atoms with E-state index in [9.17, 15) is 4.39 Å². The van der Waals surface area contributed by atoms with Gasteiger partial charge >= 0.3 is 0 Å². The second-order valence-electron chi connectivity index (χ2n) is 4.71. The summed E-state index contributed by atoms with van der Waals surface area (Å²) >= 11 is 3.39. The summed E-state index contributed by atoms with van der Waals surface area (Å²) in [7, 11) is 3.40. The normalized spacial score (nSPS) is 12.4. The highest BCUT2D eigenvalue weighted by atomic mass is 79.9. The molecule has 4 nitrogen and oxygen atoms in total. The molecule has 1 aromatic carbocycles. The van der Waals surface area contributed by atoms with Crippen LogP contribution in [0.5, 0.6) is 5.75 Å². The second-order valence-corrected chi connectivity index (χ2v) is 5.62. The van der Waals surface area contributed by atoms with Crippen LogP contribution in [0.1, 0.15) is 30.6 Å². The monoisotopic (exact) mass is 355 g/mol. The average Bonchev–Trinajstić information content (AvgIpc) is 2.87. The summed E-state index contributed by atoms with van der Waals surface area (Å²) < 4.78 is 22.3. The standard InChI is InChI=1S/C15H19BrFN3O/c1-4-7-20-15(13(21-3)9-19-20)14(18-2)11-8-10(16)5-6-12(11)17/h5-6,8-9,14,18H,4,7H2,1-3H3. The number of hydrogen-bond acceptors (Lipinski definition) is 3. The minimum Gasteiger partial charge on any atom is -0.493 e. The number of nitrogens with zero attached hydrogens (tertiary/aromatic N) is 2. The average molecular weight is 356 g/mol. The number of rotatable bonds is 6. The molecule has 2 rings (SSSR count). The zero-order valence-corrected chi connectivity index (χ0v) is 13.9. The Bertz CT molecular complexity index is 615. The van der Waals surface area contributed by atoms with Crippen LogP contribution in [0.4, 0.5) is 4.39 Å². The molecule has 1 N–H and O–H groups in total. The molecule has 0 radical (unpaired) electrons. The van der Waals surface area contributed by atoms with Crippen molar-refractivity contribution in [2.24, 2.45) is 0 Å². The van der Waals surface area contributed by atoms with Gasteiger partial charge in [-0.2, -0.15) is 5.10 Å². The lowest BCUT2D eigenvalue weighted by molar-refractivity contribution is 0.399. The maximum absolute atomic E-state index is 14.2. The van der Waals surface area contributed by atoms with Crippen LogP contribution in [0, 0.1) is 5.82 Å². The first kappa shape index (κ1) is 16.0. The van der Waals surface area contributed by atoms with Gasteiger partial charge in [0, 0.05) is 16.6 Å². The van der Waals surface area contributed by atoms with E-state index in [-0.39, 0.29) is 11.9 Å². The van der Waals surface area contributed by atoms with E-state index < -0.39 is 0 Å². The molecule has 0 saturated carbocycles. The molecule has 1 unspecified atom stereocenters. The van der Waals surface area contributed by atoms with Gasteiger partial charge in [-0.3, -0.25) is 4.68 Å². The molecular weight excluding hydrogens is 337 g/mol. The van der Waals surface area contributed by atoms with Gasteiger partial charge in [0.2, 0.25) is 0 Å². The molecule has 1 aromatic heterocycles. The summed E-state index contributed by atoms with van der Waals surface area (Å²) in [6.07, 6.45) is 2.61. The maximum Gasteiger partial charge on any atom is 0.161 e. The van der Waals surface area contributed by atoms with Crippen molar-refractivity contribution in [3.63, 3.8) is 0 Å². The van der Waals surface area contributed by atoms with Crippen LogP contribution in [0.2, 0.25) is 0 Å². The Morgan fingerprint density at radius 1 is 1.48 bits per heavy atom. The SMILES string of the molecule is CCCn1ncc(OC)c1C(NC)c1cc(Br)ccc1F. The first-order valence-electron chi connectivity index (χ1n) is 6.84. The van der Waals surface area contributed by atoms with Crippen LogP contribution in [0.15, 0.2) is 28.9 Å². The van der Waals surface area contributed by atoms with E-state index in [0.717, 1.165) is 23.1 Å². The number of aromatic nitrogens is 2. The lowest BCUT2D eigenvalue weighted by Gasteiger charge is -2.20. The Kier molecular flexibility index (Phi) is 5.36. The zero-order valence-electron chi connectivity index (χ0n) is 12.4. The van der Waals surface area contributed by atoms with Crippen molar-refractivity contribution < 1.29 is 9.13 Å². The smallest absolute Gasteiger partial charge is 0.161 e. The van der Waals surface area contributed by atoms with Gasteiger partial charge < -0.3 is 10.1 Å². The molecule has 0 bridgehead atoms. The molecule has 114 valence electrons. The van der Waals surface area contributed by atoms with Gasteiger partial charge in [0.1, 0.15) is 11.5 Å². The van der Waals surface area contributed by atoms with Gasteiger partial charge in [-0.25, -0.2) is 4.39 Å². The lowest BCUT2D eigenvalue weighted by atomic mass is 10.0. The second kappa shape index (κ2) is 7.04. The Balaban J connectivity index is 2.55. The van der Waals surface area contributed by atoms with Gasteiger partial charge in [0.05, 0.1) is 19.3 Å². The number of hydrogen-bond donors (Lipinski definition) is 1. The van der Waals surface area contributed by atoms with Gasteiger partial charge in [-0.15, -0.1) is 0 Å². The van der Waals surface area contributed by atoms with E-state index in [0.29, 0.717) is 11.3 Å². The van der Waals surface area contributed by atoms with Crippen molar-refractivity contribution in [3.8, 4) is 5.75 Å². The third-order valence-corrected chi connectivity index (χ3v) is 3.82. The van der Waals surface area contributed by atoms with E-state index in [4.69, 9.17) is 4.74 Å². The number of halogens is 2. The molecule has 0 aliphatic heterocycles. The molecule has 0 aliphatic rings. The molecular formula is C15H19BrFN3O. The third kappa shape index (κ3) is 3.27. The Morgan fingerprint density at radius 2 is 2.24 bits per heavy atom. The summed E-state index contributed by atoms with van der Waals surface area (Å²) in [6.45, 7) is 2.83. The quantitative estimate of drug-likeness (QED) is 0.861. The molecule has 0 fully saturated rings. The lowest BCUT2D eigenvalue weighted by Crippen LogP contribution is -2.23. The van der Waals surface area contributed by atoms with E-state index >= 15 is 0 Å². The van der Waals surface area contributed by atoms with Crippen LogP contribution < -0.4 is 10.1 Å². The Morgan fingerprint density at radius 3 is 2.86 bits per heavy atom. The minimum atomic E-state index is -0.327. The summed E-state index contributed by atoms with van der Waals surface area (Å²) in [6, 6.07) is 4.59. The fourth-order valence-corrected chi connectivity index (χ4v) is 2.77. The zero-order chi connectivity index (χ0) is 15.4. The topological polar surface area (TPSA) is 39.1 Å². The molecule has 0 aliphatic carbocycles. The Hall–Kier alpha value is -1.40. The van der Waals surface area contributed by atoms with Crippen LogP contribution in [0.25, 0.3) is 0 Å². The largest absolute Gasteiger partial charge is 0.493 e. The van der Waals surface area contributed by atoms with Gasteiger partial charge in [-0.05, 0) is 31.7 Å². The van der Waals surface area contributed by atoms with Gasteiger partial charge in [-0.1, -0.05) is 22.9 Å². The van der Waals surface area contributed by atoms with E-state index in [1.807, 2.05) is 4.68 Å². The maximum atomic E-state index is 14.2. The molecule has 1 atom stereocenters. The molecule has 21 heavy (non-hydrogen) atoms. The molecule has 2 aromatic rings. The van der Waals surface area contributed by atoms with Crippen LogP contribution in [-0.4, -0.2) is 23.9 Å². The van der Waals surface area contributed by atoms with Crippen molar-refractivity contribution in [1.82, 2.24) is 15.1 Å². The van der Waals surface area contributed by atoms with Crippen molar-refractivity contribution in [2.45, 2.75) is 25.9 Å². The van der Waals surface area contributed by atoms with Crippen molar-refractivity contribution in [3.05, 3.63) is 45.9 Å². The van der Waals surface area contributed by atoms with Crippen molar-refractivity contribution in [1.29, 1.82) is 0 Å². The van der Waals surface area contributed by atoms with E-state index in [1.54, 1.807) is 32.5 Å². The Labute approximate surface area is 132 Å². The molecule has 6 heteroatoms. The van der Waals surface area contributed by atoms with E-state index in [1.165, 1.54) is 6.07 Å². The fraction of sp³-hybridized carbons (Fsp3) is 0.400. The molecule has 0 amide bonds. The summed E-state index contributed by atoms with van der Waals surface area (Å²) in [5.74, 6) is 0.394. The highest BCUT2D eigenvalue weighted by molar-refractivity contribution is 9.10.